The number of fused-ring (bicyclic) bond motifs is 6. The predicted octanol–water partition coefficient (Wildman–Crippen LogP) is 10.6. The van der Waals surface area contributed by atoms with Crippen LogP contribution in [0, 0.1) is 0 Å². The number of aromatic nitrogens is 2. The summed E-state index contributed by atoms with van der Waals surface area (Å²) in [7, 11) is -5.70. The smallest absolute Gasteiger partial charge is 0.179 e. The maximum absolute atomic E-state index is 2.87. The molecular weight excluding hydrogens is 877 g/mol. The van der Waals surface area contributed by atoms with E-state index < -0.39 is 16.1 Å². The molecule has 0 saturated heterocycles. The minimum atomic E-state index is -2.87. The molecule has 13 aromatic rings. The molecule has 4 heteroatoms. The average molecular weight is 925 g/mol. The van der Waals surface area contributed by atoms with E-state index in [9.17, 15) is 0 Å². The van der Waals surface area contributed by atoms with Crippen molar-refractivity contribution >= 4 is 101 Å². The Balaban J connectivity index is 1.13. The Morgan fingerprint density at radius 1 is 0.186 bits per heavy atom. The lowest BCUT2D eigenvalue weighted by Crippen LogP contribution is -2.74. The molecule has 0 unspecified atom stereocenters. The standard InChI is InChI=1S/C66H48N2Si2/c1-7-25-51(26-8-1)69(52-27-9-2-10-28-52,53-29-11-3-12-30-53)57-37-23-24-49(46-57)67-65-44-42-50(68-63-40-21-19-38-59(63)60-39-20-22-41-64(60)68)47-61(65)62-48-58(43-45-66(62)67)70(54-31-13-4-14-32-54,55-33-15-5-16-34-55)56-35-17-6-18-36-56/h1-48H. The minimum Gasteiger partial charge on any atom is -0.309 e. The van der Waals surface area contributed by atoms with Crippen LogP contribution in [-0.2, 0) is 0 Å². The molecule has 0 spiro atoms. The van der Waals surface area contributed by atoms with E-state index in [1.54, 1.807) is 0 Å². The van der Waals surface area contributed by atoms with Crippen LogP contribution in [0.4, 0.5) is 0 Å². The van der Waals surface area contributed by atoms with Crippen LogP contribution in [0.5, 0.6) is 0 Å². The van der Waals surface area contributed by atoms with Crippen molar-refractivity contribution in [3.63, 3.8) is 0 Å². The third kappa shape index (κ3) is 6.45. The second-order valence-corrected chi connectivity index (χ2v) is 26.0. The van der Waals surface area contributed by atoms with Crippen LogP contribution in [0.25, 0.3) is 55.0 Å². The van der Waals surface area contributed by atoms with Crippen molar-refractivity contribution in [2.45, 2.75) is 0 Å². The molecule has 2 nitrogen and oxygen atoms in total. The molecule has 0 aliphatic rings. The summed E-state index contributed by atoms with van der Waals surface area (Å²) in [6.07, 6.45) is 0. The maximum atomic E-state index is 2.56. The zero-order valence-corrected chi connectivity index (χ0v) is 40.6. The van der Waals surface area contributed by atoms with Gasteiger partial charge in [0, 0.05) is 32.9 Å². The predicted molar refractivity (Wildman–Crippen MR) is 302 cm³/mol. The molecule has 13 rings (SSSR count). The molecule has 2 heterocycles. The van der Waals surface area contributed by atoms with Gasteiger partial charge in [0.05, 0.1) is 22.1 Å². The van der Waals surface area contributed by atoms with Crippen molar-refractivity contribution in [3.05, 3.63) is 291 Å². The third-order valence-corrected chi connectivity index (χ3v) is 24.3. The van der Waals surface area contributed by atoms with Gasteiger partial charge in [0.15, 0.2) is 16.1 Å². The van der Waals surface area contributed by atoms with Crippen molar-refractivity contribution in [1.29, 1.82) is 0 Å². The molecule has 2 aromatic heterocycles. The zero-order valence-electron chi connectivity index (χ0n) is 38.6. The first-order chi connectivity index (χ1) is 34.7. The molecule has 0 bridgehead atoms. The van der Waals surface area contributed by atoms with Gasteiger partial charge in [-0.1, -0.05) is 243 Å². The number of nitrogens with zero attached hydrogens (tertiary/aromatic N) is 2. The fraction of sp³-hybridized carbons (Fsp3) is 0. The first-order valence-corrected chi connectivity index (χ1v) is 28.3. The molecule has 11 aromatic carbocycles. The van der Waals surface area contributed by atoms with Gasteiger partial charge in [0.2, 0.25) is 0 Å². The molecular formula is C66H48N2Si2. The summed E-state index contributed by atoms with van der Waals surface area (Å²) in [6, 6.07) is 109. The largest absolute Gasteiger partial charge is 0.309 e. The molecule has 330 valence electrons. The monoisotopic (exact) mass is 924 g/mol. The molecule has 70 heavy (non-hydrogen) atoms. The number of rotatable bonds is 10. The van der Waals surface area contributed by atoms with Gasteiger partial charge < -0.3 is 9.13 Å². The molecule has 0 radical (unpaired) electrons. The number of hydrogen-bond donors (Lipinski definition) is 0. The third-order valence-electron chi connectivity index (χ3n) is 14.8. The lowest BCUT2D eigenvalue weighted by molar-refractivity contribution is 1.17. The molecule has 0 N–H and O–H groups in total. The number of para-hydroxylation sites is 2. The highest BCUT2D eigenvalue weighted by Gasteiger charge is 2.43. The normalized spacial score (nSPS) is 12.0. The van der Waals surface area contributed by atoms with Gasteiger partial charge in [-0.05, 0) is 90.0 Å². The first kappa shape index (κ1) is 41.6. The zero-order chi connectivity index (χ0) is 46.5. The highest BCUT2D eigenvalue weighted by atomic mass is 28.3. The Bertz CT molecular complexity index is 3730. The van der Waals surface area contributed by atoms with Crippen LogP contribution in [0.3, 0.4) is 0 Å². The highest BCUT2D eigenvalue weighted by Crippen LogP contribution is 2.37. The van der Waals surface area contributed by atoms with Crippen LogP contribution in [0.2, 0.25) is 0 Å². The van der Waals surface area contributed by atoms with E-state index in [2.05, 4.69) is 300 Å². The number of benzene rings is 11. The van der Waals surface area contributed by atoms with E-state index >= 15 is 0 Å². The molecule has 0 amide bonds. The van der Waals surface area contributed by atoms with E-state index in [-0.39, 0.29) is 0 Å². The van der Waals surface area contributed by atoms with Crippen molar-refractivity contribution in [1.82, 2.24) is 9.13 Å². The fourth-order valence-corrected chi connectivity index (χ4v) is 21.4. The SMILES string of the molecule is c1ccc([Si](c2ccccc2)(c2ccccc2)c2cccc(-n3c4ccc(-n5c6ccccc6c6ccccc65)cc4c4cc([Si](c5ccccc5)(c5ccccc5)c5ccccc5)ccc43)c2)cc1. The quantitative estimate of drug-likeness (QED) is 0.0956. The van der Waals surface area contributed by atoms with E-state index in [4.69, 9.17) is 0 Å². The van der Waals surface area contributed by atoms with Crippen molar-refractivity contribution in [3.8, 4) is 11.4 Å². The Morgan fingerprint density at radius 3 is 0.900 bits per heavy atom. The highest BCUT2D eigenvalue weighted by molar-refractivity contribution is 7.20. The number of hydrogen-bond acceptors (Lipinski definition) is 0. The van der Waals surface area contributed by atoms with E-state index in [1.807, 2.05) is 0 Å². The van der Waals surface area contributed by atoms with Gasteiger partial charge in [0.1, 0.15) is 0 Å². The van der Waals surface area contributed by atoms with Gasteiger partial charge >= 0.3 is 0 Å². The van der Waals surface area contributed by atoms with Crippen LogP contribution >= 0.6 is 0 Å². The van der Waals surface area contributed by atoms with Gasteiger partial charge in [-0.2, -0.15) is 0 Å². The van der Waals surface area contributed by atoms with Gasteiger partial charge in [-0.15, -0.1) is 0 Å². The summed E-state index contributed by atoms with van der Waals surface area (Å²) in [5.41, 5.74) is 7.04. The van der Waals surface area contributed by atoms with Crippen LogP contribution < -0.4 is 41.5 Å². The lowest BCUT2D eigenvalue weighted by Gasteiger charge is -2.35. The van der Waals surface area contributed by atoms with Crippen molar-refractivity contribution < 1.29 is 0 Å². The molecule has 0 aliphatic carbocycles. The maximum Gasteiger partial charge on any atom is 0.179 e. The molecule has 0 saturated carbocycles. The molecule has 0 aliphatic heterocycles. The van der Waals surface area contributed by atoms with Gasteiger partial charge in [-0.3, -0.25) is 0 Å². The Labute approximate surface area is 410 Å². The summed E-state index contributed by atoms with van der Waals surface area (Å²) in [5.74, 6) is 0. The van der Waals surface area contributed by atoms with E-state index in [0.717, 1.165) is 11.4 Å². The van der Waals surface area contributed by atoms with Crippen LogP contribution in [-0.4, -0.2) is 25.3 Å². The van der Waals surface area contributed by atoms with Crippen molar-refractivity contribution in [2.75, 3.05) is 0 Å². The fourth-order valence-electron chi connectivity index (χ4n) is 11.9. The topological polar surface area (TPSA) is 9.86 Å². The second-order valence-electron chi connectivity index (χ2n) is 18.4. The Kier molecular flexibility index (Phi) is 10.2. The first-order valence-electron chi connectivity index (χ1n) is 24.3. The minimum absolute atomic E-state index is 1.14. The molecule has 0 atom stereocenters. The summed E-state index contributed by atoms with van der Waals surface area (Å²) in [4.78, 5) is 0. The average Bonchev–Trinajstić information content (AvgIpc) is 3.95. The van der Waals surface area contributed by atoms with E-state index in [0.29, 0.717) is 0 Å². The second kappa shape index (κ2) is 17.2. The van der Waals surface area contributed by atoms with Crippen LogP contribution in [0.15, 0.2) is 291 Å². The Hall–Kier alpha value is -8.55. The van der Waals surface area contributed by atoms with Crippen LogP contribution in [0.1, 0.15) is 0 Å². The Morgan fingerprint density at radius 2 is 0.486 bits per heavy atom. The summed E-state index contributed by atoms with van der Waals surface area (Å²) >= 11 is 0. The summed E-state index contributed by atoms with van der Waals surface area (Å²) in [5, 5.41) is 15.8. The van der Waals surface area contributed by atoms with Crippen molar-refractivity contribution in [2.24, 2.45) is 0 Å². The lowest BCUT2D eigenvalue weighted by atomic mass is 10.1. The van der Waals surface area contributed by atoms with Gasteiger partial charge in [0.25, 0.3) is 0 Å². The van der Waals surface area contributed by atoms with Gasteiger partial charge in [-0.25, -0.2) is 0 Å². The molecule has 0 fully saturated rings. The summed E-state index contributed by atoms with van der Waals surface area (Å²) < 4.78 is 4.98. The summed E-state index contributed by atoms with van der Waals surface area (Å²) in [6.45, 7) is 0. The van der Waals surface area contributed by atoms with E-state index in [1.165, 1.54) is 85.1 Å².